The van der Waals surface area contributed by atoms with Gasteiger partial charge in [-0.2, -0.15) is 0 Å². The van der Waals surface area contributed by atoms with Gasteiger partial charge in [0, 0.05) is 6.04 Å². The lowest BCUT2D eigenvalue weighted by Gasteiger charge is -2.40. The third-order valence-electron chi connectivity index (χ3n) is 5.18. The lowest BCUT2D eigenvalue weighted by Crippen LogP contribution is -2.53. The molecule has 1 saturated carbocycles. The first-order valence-electron chi connectivity index (χ1n) is 7.64. The van der Waals surface area contributed by atoms with Gasteiger partial charge in [-0.1, -0.05) is 37.1 Å². The van der Waals surface area contributed by atoms with Crippen molar-refractivity contribution in [1.29, 1.82) is 0 Å². The van der Waals surface area contributed by atoms with E-state index in [2.05, 4.69) is 5.32 Å². The van der Waals surface area contributed by atoms with Gasteiger partial charge >= 0.3 is 5.97 Å². The second-order valence-corrected chi connectivity index (χ2v) is 6.49. The molecule has 0 radical (unpaired) electrons. The van der Waals surface area contributed by atoms with Gasteiger partial charge in [0.15, 0.2) is 0 Å². The molecule has 0 aliphatic heterocycles. The Kier molecular flexibility index (Phi) is 3.47. The fraction of sp³-hybridized carbons (Fsp3) is 0.529. The molecule has 21 heavy (non-hydrogen) atoms. The van der Waals surface area contributed by atoms with E-state index in [1.54, 1.807) is 6.92 Å². The average Bonchev–Trinajstić information content (AvgIpc) is 2.42. The molecule has 3 atom stereocenters. The molecule has 0 bridgehead atoms. The van der Waals surface area contributed by atoms with Crippen LogP contribution < -0.4 is 5.32 Å². The number of hydrogen-bond acceptors (Lipinski definition) is 2. The maximum Gasteiger partial charge on any atom is 0.311 e. The molecular weight excluding hydrogens is 266 g/mol. The molecule has 1 aromatic carbocycles. The summed E-state index contributed by atoms with van der Waals surface area (Å²) < 4.78 is 0. The molecule has 2 aliphatic carbocycles. The van der Waals surface area contributed by atoms with Crippen molar-refractivity contribution in [3.05, 3.63) is 35.4 Å². The zero-order valence-corrected chi connectivity index (χ0v) is 12.3. The van der Waals surface area contributed by atoms with Gasteiger partial charge in [-0.15, -0.1) is 0 Å². The maximum atomic E-state index is 12.5. The first-order valence-corrected chi connectivity index (χ1v) is 7.64. The Morgan fingerprint density at radius 1 is 1.29 bits per heavy atom. The molecule has 1 aromatic rings. The Labute approximate surface area is 124 Å². The van der Waals surface area contributed by atoms with Crippen LogP contribution in [0.4, 0.5) is 0 Å². The van der Waals surface area contributed by atoms with Crippen molar-refractivity contribution < 1.29 is 14.7 Å². The van der Waals surface area contributed by atoms with Gasteiger partial charge in [0.1, 0.15) is 0 Å². The van der Waals surface area contributed by atoms with Gasteiger partial charge in [-0.3, -0.25) is 9.59 Å². The van der Waals surface area contributed by atoms with Gasteiger partial charge in [0.25, 0.3) is 0 Å². The monoisotopic (exact) mass is 287 g/mol. The van der Waals surface area contributed by atoms with E-state index in [1.807, 2.05) is 24.3 Å². The van der Waals surface area contributed by atoms with E-state index in [4.69, 9.17) is 0 Å². The summed E-state index contributed by atoms with van der Waals surface area (Å²) in [4.78, 5) is 24.0. The van der Waals surface area contributed by atoms with Crippen LogP contribution in [0.5, 0.6) is 0 Å². The predicted molar refractivity (Wildman–Crippen MR) is 79.0 cm³/mol. The predicted octanol–water partition coefficient (Wildman–Crippen LogP) is 2.48. The zero-order valence-electron chi connectivity index (χ0n) is 12.3. The highest BCUT2D eigenvalue weighted by Crippen LogP contribution is 2.39. The molecule has 2 aliphatic rings. The topological polar surface area (TPSA) is 66.4 Å². The van der Waals surface area contributed by atoms with E-state index in [-0.39, 0.29) is 17.9 Å². The normalized spacial score (nSPS) is 30.9. The van der Waals surface area contributed by atoms with Crippen LogP contribution in [-0.2, 0) is 16.0 Å². The molecule has 0 heterocycles. The van der Waals surface area contributed by atoms with Gasteiger partial charge in [-0.05, 0) is 37.3 Å². The minimum atomic E-state index is -0.836. The van der Waals surface area contributed by atoms with E-state index < -0.39 is 11.4 Å². The Morgan fingerprint density at radius 2 is 2.05 bits per heavy atom. The number of carboxylic acids is 1. The lowest BCUT2D eigenvalue weighted by molar-refractivity contribution is -0.152. The SMILES string of the molecule is CC1(C(=O)O)CCCCC1NC(=O)C1Cc2ccccc21. The number of carboxylic acid groups (broad SMARTS) is 1. The molecule has 0 spiro atoms. The van der Waals surface area contributed by atoms with Crippen LogP contribution in [-0.4, -0.2) is 23.0 Å². The number of nitrogens with one attached hydrogen (secondary N) is 1. The summed E-state index contributed by atoms with van der Waals surface area (Å²) >= 11 is 0. The fourth-order valence-corrected chi connectivity index (χ4v) is 3.59. The molecule has 112 valence electrons. The van der Waals surface area contributed by atoms with Crippen molar-refractivity contribution in [2.45, 2.75) is 51.0 Å². The molecule has 0 saturated heterocycles. The maximum absolute atomic E-state index is 12.5. The van der Waals surface area contributed by atoms with Crippen molar-refractivity contribution >= 4 is 11.9 Å². The van der Waals surface area contributed by atoms with Crippen molar-refractivity contribution in [3.8, 4) is 0 Å². The first-order chi connectivity index (χ1) is 10.0. The van der Waals surface area contributed by atoms with Crippen molar-refractivity contribution in [3.63, 3.8) is 0 Å². The highest BCUT2D eigenvalue weighted by atomic mass is 16.4. The van der Waals surface area contributed by atoms with Gasteiger partial charge in [-0.25, -0.2) is 0 Å². The standard InChI is InChI=1S/C17H21NO3/c1-17(16(20)21)9-5-4-8-14(17)18-15(19)13-10-11-6-2-3-7-12(11)13/h2-3,6-7,13-14H,4-5,8-10H2,1H3,(H,18,19)(H,20,21). The highest BCUT2D eigenvalue weighted by molar-refractivity contribution is 5.88. The number of aliphatic carboxylic acids is 1. The minimum Gasteiger partial charge on any atom is -0.481 e. The molecular formula is C17H21NO3. The van der Waals surface area contributed by atoms with Crippen LogP contribution in [0, 0.1) is 5.41 Å². The third-order valence-corrected chi connectivity index (χ3v) is 5.18. The van der Waals surface area contributed by atoms with Crippen LogP contribution in [0.2, 0.25) is 0 Å². The Balaban J connectivity index is 1.72. The number of carbonyl (C=O) groups excluding carboxylic acids is 1. The number of carbonyl (C=O) groups is 2. The second-order valence-electron chi connectivity index (χ2n) is 6.49. The minimum absolute atomic E-state index is 0.0203. The summed E-state index contributed by atoms with van der Waals surface area (Å²) in [5, 5.41) is 12.5. The summed E-state index contributed by atoms with van der Waals surface area (Å²) in [5.41, 5.74) is 1.47. The Morgan fingerprint density at radius 3 is 2.76 bits per heavy atom. The summed E-state index contributed by atoms with van der Waals surface area (Å²) in [5.74, 6) is -0.934. The molecule has 1 amide bonds. The summed E-state index contributed by atoms with van der Waals surface area (Å²) in [7, 11) is 0. The summed E-state index contributed by atoms with van der Waals surface area (Å²) in [6, 6.07) is 7.70. The van der Waals surface area contributed by atoms with Crippen LogP contribution in [0.3, 0.4) is 0 Å². The first kappa shape index (κ1) is 14.1. The third kappa shape index (κ3) is 2.33. The quantitative estimate of drug-likeness (QED) is 0.897. The number of rotatable bonds is 3. The van der Waals surface area contributed by atoms with Gasteiger partial charge < -0.3 is 10.4 Å². The van der Waals surface area contributed by atoms with E-state index in [0.29, 0.717) is 6.42 Å². The average molecular weight is 287 g/mol. The molecule has 1 fully saturated rings. The van der Waals surface area contributed by atoms with Crippen molar-refractivity contribution in [2.75, 3.05) is 0 Å². The fourth-order valence-electron chi connectivity index (χ4n) is 3.59. The summed E-state index contributed by atoms with van der Waals surface area (Å²) in [6.07, 6.45) is 4.05. The highest BCUT2D eigenvalue weighted by Gasteiger charge is 2.45. The number of fused-ring (bicyclic) bond motifs is 1. The van der Waals surface area contributed by atoms with Crippen molar-refractivity contribution in [1.82, 2.24) is 5.32 Å². The van der Waals surface area contributed by atoms with Crippen LogP contribution in [0.15, 0.2) is 24.3 Å². The number of hydrogen-bond donors (Lipinski definition) is 2. The molecule has 3 rings (SSSR count). The van der Waals surface area contributed by atoms with Crippen LogP contribution >= 0.6 is 0 Å². The van der Waals surface area contributed by atoms with Crippen LogP contribution in [0.25, 0.3) is 0 Å². The van der Waals surface area contributed by atoms with E-state index in [9.17, 15) is 14.7 Å². The second kappa shape index (κ2) is 5.17. The van der Waals surface area contributed by atoms with E-state index in [1.165, 1.54) is 5.56 Å². The Bertz CT molecular complexity index is 583. The smallest absolute Gasteiger partial charge is 0.311 e. The van der Waals surface area contributed by atoms with Crippen molar-refractivity contribution in [2.24, 2.45) is 5.41 Å². The lowest BCUT2D eigenvalue weighted by atomic mass is 9.71. The van der Waals surface area contributed by atoms with E-state index >= 15 is 0 Å². The molecule has 3 unspecified atom stereocenters. The number of benzene rings is 1. The largest absolute Gasteiger partial charge is 0.481 e. The zero-order chi connectivity index (χ0) is 15.0. The Hall–Kier alpha value is -1.84. The number of amides is 1. The van der Waals surface area contributed by atoms with E-state index in [0.717, 1.165) is 31.2 Å². The molecule has 2 N–H and O–H groups in total. The van der Waals surface area contributed by atoms with Gasteiger partial charge in [0.2, 0.25) is 5.91 Å². The van der Waals surface area contributed by atoms with Crippen LogP contribution in [0.1, 0.15) is 49.7 Å². The molecule has 4 nitrogen and oxygen atoms in total. The van der Waals surface area contributed by atoms with Gasteiger partial charge in [0.05, 0.1) is 11.3 Å². The molecule has 4 heteroatoms. The summed E-state index contributed by atoms with van der Waals surface area (Å²) in [6.45, 7) is 1.76. The molecule has 0 aromatic heterocycles.